The number of benzene rings is 2. The van der Waals surface area contributed by atoms with Crippen LogP contribution in [-0.2, 0) is 23.8 Å². The van der Waals surface area contributed by atoms with Gasteiger partial charge in [0, 0.05) is 6.42 Å². The predicted molar refractivity (Wildman–Crippen MR) is 117 cm³/mol. The van der Waals surface area contributed by atoms with Crippen molar-refractivity contribution >= 4 is 23.4 Å². The molecular weight excluding hydrogens is 439 g/mol. The Morgan fingerprint density at radius 3 is 2.47 bits per heavy atom. The Kier molecular flexibility index (Phi) is 6.14. The van der Waals surface area contributed by atoms with E-state index in [1.807, 2.05) is 31.2 Å². The number of carbonyl (C=O) groups is 1. The van der Waals surface area contributed by atoms with Gasteiger partial charge in [-0.2, -0.15) is 13.2 Å². The molecule has 0 aliphatic carbocycles. The second-order valence-corrected chi connectivity index (χ2v) is 8.47. The molecule has 2 heterocycles. The van der Waals surface area contributed by atoms with E-state index in [9.17, 15) is 18.0 Å². The molecule has 1 amide bonds. The van der Waals surface area contributed by atoms with E-state index < -0.39 is 28.9 Å². The third-order valence-corrected chi connectivity index (χ3v) is 6.53. The molecule has 1 aromatic heterocycles. The zero-order chi connectivity index (χ0) is 22.9. The van der Waals surface area contributed by atoms with Gasteiger partial charge < -0.3 is 10.7 Å². The highest BCUT2D eigenvalue weighted by Crippen LogP contribution is 2.39. The number of fused-ring (bicyclic) bond motifs is 1. The molecule has 6 nitrogen and oxygen atoms in total. The number of halogens is 3. The number of nitrogens with one attached hydrogen (secondary N) is 2. The lowest BCUT2D eigenvalue weighted by atomic mass is 10.0. The van der Waals surface area contributed by atoms with Crippen molar-refractivity contribution in [3.8, 4) is 0 Å². The number of thioether (sulfide) groups is 1. The molecule has 1 aliphatic heterocycles. The summed E-state index contributed by atoms with van der Waals surface area (Å²) in [6.07, 6.45) is -3.06. The fourth-order valence-corrected chi connectivity index (χ4v) is 4.68. The number of rotatable bonds is 5. The molecular formula is C22H22F3N5OS. The quantitative estimate of drug-likeness (QED) is 0.570. The number of nitrogens with zero attached hydrogens (tertiary/aromatic N) is 3. The molecule has 0 bridgehead atoms. The van der Waals surface area contributed by atoms with Gasteiger partial charge in [0.2, 0.25) is 11.1 Å². The minimum absolute atomic E-state index is 0.271. The molecule has 0 unspecified atom stereocenters. The van der Waals surface area contributed by atoms with Gasteiger partial charge in [0.05, 0.1) is 17.3 Å². The van der Waals surface area contributed by atoms with E-state index in [4.69, 9.17) is 0 Å². The van der Waals surface area contributed by atoms with Gasteiger partial charge in [0.25, 0.3) is 0 Å². The van der Waals surface area contributed by atoms with Crippen molar-refractivity contribution in [2.24, 2.45) is 0 Å². The van der Waals surface area contributed by atoms with Crippen LogP contribution < -0.4 is 10.7 Å². The fourth-order valence-electron chi connectivity index (χ4n) is 3.58. The third kappa shape index (κ3) is 4.32. The summed E-state index contributed by atoms with van der Waals surface area (Å²) in [5.41, 5.74) is 4.14. The molecule has 0 spiro atoms. The average molecular weight is 462 g/mol. The summed E-state index contributed by atoms with van der Waals surface area (Å²) in [7, 11) is 0. The SMILES string of the molecule is CCc1ccc([C@H]2Nn3c(CC)nnc3S[C@@H]2C(=O)Nc2ccccc2C(F)(F)F)cc1. The van der Waals surface area contributed by atoms with Crippen LogP contribution >= 0.6 is 11.8 Å². The van der Waals surface area contributed by atoms with Crippen LogP contribution in [0.1, 0.15) is 42.4 Å². The number of carbonyl (C=O) groups excluding carboxylic acids is 1. The maximum absolute atomic E-state index is 13.4. The summed E-state index contributed by atoms with van der Waals surface area (Å²) in [5.74, 6) is 0.167. The molecule has 0 radical (unpaired) electrons. The summed E-state index contributed by atoms with van der Waals surface area (Å²) in [6.45, 7) is 4.00. The largest absolute Gasteiger partial charge is 0.418 e. The number of anilines is 1. The van der Waals surface area contributed by atoms with E-state index in [0.717, 1.165) is 23.6 Å². The smallest absolute Gasteiger partial charge is 0.324 e. The van der Waals surface area contributed by atoms with Crippen LogP contribution in [0.2, 0.25) is 0 Å². The van der Waals surface area contributed by atoms with Gasteiger partial charge in [-0.05, 0) is 29.7 Å². The fraction of sp³-hybridized carbons (Fsp3) is 0.318. The minimum Gasteiger partial charge on any atom is -0.324 e. The van der Waals surface area contributed by atoms with Gasteiger partial charge in [-0.15, -0.1) is 10.2 Å². The molecule has 0 saturated carbocycles. The summed E-state index contributed by atoms with van der Waals surface area (Å²) >= 11 is 1.18. The van der Waals surface area contributed by atoms with Crippen molar-refractivity contribution in [2.45, 2.75) is 49.3 Å². The highest BCUT2D eigenvalue weighted by Gasteiger charge is 2.39. The number of para-hydroxylation sites is 1. The number of hydrogen-bond acceptors (Lipinski definition) is 5. The van der Waals surface area contributed by atoms with Crippen molar-refractivity contribution in [2.75, 3.05) is 10.7 Å². The zero-order valence-corrected chi connectivity index (χ0v) is 18.3. The topological polar surface area (TPSA) is 71.8 Å². The second-order valence-electron chi connectivity index (χ2n) is 7.36. The lowest BCUT2D eigenvalue weighted by Crippen LogP contribution is -2.41. The van der Waals surface area contributed by atoms with Crippen molar-refractivity contribution in [1.29, 1.82) is 0 Å². The summed E-state index contributed by atoms with van der Waals surface area (Å²) in [6, 6.07) is 12.3. The van der Waals surface area contributed by atoms with E-state index in [0.29, 0.717) is 17.4 Å². The Labute approximate surface area is 187 Å². The van der Waals surface area contributed by atoms with Gasteiger partial charge in [-0.3, -0.25) is 4.79 Å². The van der Waals surface area contributed by atoms with Crippen LogP contribution in [0.5, 0.6) is 0 Å². The van der Waals surface area contributed by atoms with Gasteiger partial charge in [-0.1, -0.05) is 62.0 Å². The highest BCUT2D eigenvalue weighted by atomic mass is 32.2. The molecule has 32 heavy (non-hydrogen) atoms. The van der Waals surface area contributed by atoms with Crippen molar-refractivity contribution in [1.82, 2.24) is 14.9 Å². The lowest BCUT2D eigenvalue weighted by molar-refractivity contribution is -0.137. The molecule has 0 fully saturated rings. The molecule has 2 N–H and O–H groups in total. The average Bonchev–Trinajstić information content (AvgIpc) is 3.20. The third-order valence-electron chi connectivity index (χ3n) is 5.32. The van der Waals surface area contributed by atoms with Crippen LogP contribution in [-0.4, -0.2) is 26.0 Å². The molecule has 10 heteroatoms. The standard InChI is InChI=1S/C22H22F3N5OS/c1-3-13-9-11-14(12-10-13)18-19(32-21-28-27-17(4-2)30(21)29-18)20(31)26-16-8-6-5-7-15(16)22(23,24)25/h5-12,18-19,29H,3-4H2,1-2H3,(H,26,31)/t18-,19+/m1/s1. The van der Waals surface area contributed by atoms with Crippen LogP contribution in [0, 0.1) is 0 Å². The molecule has 2 atom stereocenters. The monoisotopic (exact) mass is 461 g/mol. The molecule has 2 aromatic carbocycles. The van der Waals surface area contributed by atoms with E-state index in [-0.39, 0.29) is 5.69 Å². The zero-order valence-electron chi connectivity index (χ0n) is 17.5. The Morgan fingerprint density at radius 2 is 1.81 bits per heavy atom. The van der Waals surface area contributed by atoms with Crippen LogP contribution in [0.25, 0.3) is 0 Å². The Morgan fingerprint density at radius 1 is 1.09 bits per heavy atom. The molecule has 3 aromatic rings. The minimum atomic E-state index is -4.58. The number of aromatic nitrogens is 3. The van der Waals surface area contributed by atoms with E-state index in [1.54, 1.807) is 4.68 Å². The van der Waals surface area contributed by atoms with E-state index in [2.05, 4.69) is 27.9 Å². The summed E-state index contributed by atoms with van der Waals surface area (Å²) in [5, 5.41) is 10.5. The second kappa shape index (κ2) is 8.85. The number of hydrogen-bond donors (Lipinski definition) is 2. The lowest BCUT2D eigenvalue weighted by Gasteiger charge is -2.33. The number of amides is 1. The number of alkyl halides is 3. The van der Waals surface area contributed by atoms with Gasteiger partial charge in [-0.25, -0.2) is 4.68 Å². The van der Waals surface area contributed by atoms with Crippen molar-refractivity contribution < 1.29 is 18.0 Å². The van der Waals surface area contributed by atoms with Crippen LogP contribution in [0.15, 0.2) is 53.7 Å². The highest BCUT2D eigenvalue weighted by molar-refractivity contribution is 8.00. The first kappa shape index (κ1) is 22.2. The normalized spacial score (nSPS) is 18.0. The Balaban J connectivity index is 1.68. The van der Waals surface area contributed by atoms with E-state index >= 15 is 0 Å². The molecule has 4 rings (SSSR count). The molecule has 168 valence electrons. The van der Waals surface area contributed by atoms with Crippen molar-refractivity contribution in [3.05, 3.63) is 71.0 Å². The summed E-state index contributed by atoms with van der Waals surface area (Å²) < 4.78 is 42.0. The first-order valence-electron chi connectivity index (χ1n) is 10.2. The van der Waals surface area contributed by atoms with Crippen molar-refractivity contribution in [3.63, 3.8) is 0 Å². The first-order chi connectivity index (χ1) is 15.3. The molecule has 0 saturated heterocycles. The Bertz CT molecular complexity index is 1110. The summed E-state index contributed by atoms with van der Waals surface area (Å²) in [4.78, 5) is 13.2. The number of aryl methyl sites for hydroxylation is 2. The van der Waals surface area contributed by atoms with E-state index in [1.165, 1.54) is 30.0 Å². The predicted octanol–water partition coefficient (Wildman–Crippen LogP) is 4.82. The van der Waals surface area contributed by atoms with Gasteiger partial charge in [0.1, 0.15) is 5.25 Å². The maximum Gasteiger partial charge on any atom is 0.418 e. The van der Waals surface area contributed by atoms with Crippen LogP contribution in [0.3, 0.4) is 0 Å². The van der Waals surface area contributed by atoms with Gasteiger partial charge in [0.15, 0.2) is 5.82 Å². The maximum atomic E-state index is 13.4. The molecule has 1 aliphatic rings. The Hall–Kier alpha value is -3.01. The van der Waals surface area contributed by atoms with Gasteiger partial charge >= 0.3 is 6.18 Å². The van der Waals surface area contributed by atoms with Crippen LogP contribution in [0.4, 0.5) is 18.9 Å². The first-order valence-corrected chi connectivity index (χ1v) is 11.1.